The Hall–Kier alpha value is -0.540. The Balaban J connectivity index is 3.37. The summed E-state index contributed by atoms with van der Waals surface area (Å²) in [6.45, 7) is 0. The van der Waals surface area contributed by atoms with Crippen LogP contribution >= 0.6 is 31.9 Å². The number of halogens is 4. The van der Waals surface area contributed by atoms with E-state index in [0.29, 0.717) is 5.56 Å². The van der Waals surface area contributed by atoms with Crippen LogP contribution in [-0.4, -0.2) is 4.98 Å². The Labute approximate surface area is 96.2 Å². The van der Waals surface area contributed by atoms with Gasteiger partial charge in [0, 0.05) is 16.5 Å². The summed E-state index contributed by atoms with van der Waals surface area (Å²) >= 11 is 6.13. The lowest BCUT2D eigenvalue weighted by Crippen LogP contribution is -1.98. The van der Waals surface area contributed by atoms with Gasteiger partial charge in [0.05, 0.1) is 0 Å². The van der Waals surface area contributed by atoms with Gasteiger partial charge in [-0.15, -0.1) is 0 Å². The van der Waals surface area contributed by atoms with Crippen LogP contribution in [0, 0.1) is 11.3 Å². The van der Waals surface area contributed by atoms with E-state index in [0.717, 1.165) is 6.07 Å². The highest BCUT2D eigenvalue weighted by molar-refractivity contribution is 9.10. The number of nitriles is 1. The first-order chi connectivity index (χ1) is 6.60. The smallest absolute Gasteiger partial charge is 0.230 e. The number of hydrogen-bond acceptors (Lipinski definition) is 2. The predicted octanol–water partition coefficient (Wildman–Crippen LogP) is 3.55. The highest BCUT2D eigenvalue weighted by atomic mass is 79.9. The summed E-state index contributed by atoms with van der Waals surface area (Å²) < 4.78 is 25.3. The third-order valence-corrected chi connectivity index (χ3v) is 2.81. The second-order valence-corrected chi connectivity index (χ2v) is 3.72. The van der Waals surface area contributed by atoms with Gasteiger partial charge in [0.2, 0.25) is 0 Å². The molecular formula is C8H4Br2F2N2. The number of aromatic nitrogens is 1. The van der Waals surface area contributed by atoms with E-state index in [4.69, 9.17) is 5.26 Å². The molecule has 0 fully saturated rings. The Morgan fingerprint density at radius 2 is 2.21 bits per heavy atom. The van der Waals surface area contributed by atoms with Gasteiger partial charge < -0.3 is 0 Å². The molecule has 74 valence electrons. The van der Waals surface area contributed by atoms with Gasteiger partial charge in [-0.25, -0.2) is 13.8 Å². The topological polar surface area (TPSA) is 36.7 Å². The van der Waals surface area contributed by atoms with Crippen LogP contribution in [-0.2, 0) is 5.33 Å². The van der Waals surface area contributed by atoms with Crippen molar-refractivity contribution in [2.24, 2.45) is 0 Å². The fraction of sp³-hybridized carbons (Fsp3) is 0.250. The van der Waals surface area contributed by atoms with Crippen LogP contribution in [0.1, 0.15) is 23.2 Å². The van der Waals surface area contributed by atoms with E-state index < -0.39 is 6.43 Å². The molecule has 0 spiro atoms. The predicted molar refractivity (Wildman–Crippen MR) is 54.2 cm³/mol. The Kier molecular flexibility index (Phi) is 3.96. The van der Waals surface area contributed by atoms with Crippen LogP contribution in [0.15, 0.2) is 10.7 Å². The van der Waals surface area contributed by atoms with E-state index in [1.165, 1.54) is 0 Å². The number of rotatable bonds is 2. The molecule has 1 rings (SSSR count). The maximum Gasteiger partial charge on any atom is 0.264 e. The lowest BCUT2D eigenvalue weighted by molar-refractivity contribution is 0.150. The molecule has 1 heterocycles. The van der Waals surface area contributed by atoms with Crippen LogP contribution < -0.4 is 0 Å². The van der Waals surface area contributed by atoms with Gasteiger partial charge in [0.1, 0.15) is 16.4 Å². The molecule has 0 N–H and O–H groups in total. The third-order valence-electron chi connectivity index (χ3n) is 1.59. The molecule has 0 amide bonds. The van der Waals surface area contributed by atoms with E-state index in [1.807, 2.05) is 0 Å². The van der Waals surface area contributed by atoms with Crippen molar-refractivity contribution in [3.05, 3.63) is 27.5 Å². The van der Waals surface area contributed by atoms with Gasteiger partial charge in [-0.2, -0.15) is 5.26 Å². The fourth-order valence-corrected chi connectivity index (χ4v) is 2.47. The van der Waals surface area contributed by atoms with Gasteiger partial charge in [-0.1, -0.05) is 15.9 Å². The molecule has 0 saturated heterocycles. The van der Waals surface area contributed by atoms with Crippen molar-refractivity contribution in [1.29, 1.82) is 5.26 Å². The molecule has 0 radical (unpaired) electrons. The number of alkyl halides is 3. The first kappa shape index (κ1) is 11.5. The zero-order chi connectivity index (χ0) is 10.7. The maximum absolute atomic E-state index is 12.5. The van der Waals surface area contributed by atoms with Crippen LogP contribution in [0.3, 0.4) is 0 Å². The summed E-state index contributed by atoms with van der Waals surface area (Å²) in [7, 11) is 0. The Morgan fingerprint density at radius 3 is 2.64 bits per heavy atom. The zero-order valence-corrected chi connectivity index (χ0v) is 9.94. The molecule has 0 aliphatic heterocycles. The minimum atomic E-state index is -2.60. The summed E-state index contributed by atoms with van der Waals surface area (Å²) in [6, 6.07) is 2.83. The number of nitrogens with zero attached hydrogens (tertiary/aromatic N) is 2. The molecule has 0 atom stereocenters. The fourth-order valence-electron chi connectivity index (χ4n) is 0.943. The molecule has 2 nitrogen and oxygen atoms in total. The molecule has 0 aliphatic rings. The second-order valence-electron chi connectivity index (χ2n) is 2.41. The largest absolute Gasteiger partial charge is 0.264 e. The molecule has 6 heteroatoms. The van der Waals surface area contributed by atoms with E-state index in [1.54, 1.807) is 6.07 Å². The average Bonchev–Trinajstić information content (AvgIpc) is 2.16. The van der Waals surface area contributed by atoms with Crippen molar-refractivity contribution in [3.8, 4) is 6.07 Å². The van der Waals surface area contributed by atoms with Crippen molar-refractivity contribution in [2.75, 3.05) is 0 Å². The quantitative estimate of drug-likeness (QED) is 0.616. The van der Waals surface area contributed by atoms with Crippen molar-refractivity contribution in [1.82, 2.24) is 4.98 Å². The highest BCUT2D eigenvalue weighted by Crippen LogP contribution is 2.29. The standard InChI is InChI=1S/C8H4Br2F2N2/c9-2-6-5(8(11)12)1-4(3-13)14-7(6)10/h1,8H,2H2. The van der Waals surface area contributed by atoms with E-state index in [2.05, 4.69) is 36.8 Å². The maximum atomic E-state index is 12.5. The summed E-state index contributed by atoms with van der Waals surface area (Å²) in [5.74, 6) is 0. The third kappa shape index (κ3) is 2.28. The van der Waals surface area contributed by atoms with Crippen molar-refractivity contribution >= 4 is 31.9 Å². The first-order valence-electron chi connectivity index (χ1n) is 3.53. The minimum Gasteiger partial charge on any atom is -0.230 e. The molecule has 14 heavy (non-hydrogen) atoms. The molecule has 0 bridgehead atoms. The van der Waals surface area contributed by atoms with Gasteiger partial charge in [0.15, 0.2) is 0 Å². The SMILES string of the molecule is N#Cc1cc(C(F)F)c(CBr)c(Br)n1. The normalized spacial score (nSPS) is 10.3. The van der Waals surface area contributed by atoms with E-state index >= 15 is 0 Å². The van der Waals surface area contributed by atoms with E-state index in [9.17, 15) is 8.78 Å². The first-order valence-corrected chi connectivity index (χ1v) is 5.45. The van der Waals surface area contributed by atoms with Crippen LogP contribution in [0.4, 0.5) is 8.78 Å². The molecule has 0 aromatic carbocycles. The summed E-state index contributed by atoms with van der Waals surface area (Å²) in [6.07, 6.45) is -2.60. The van der Waals surface area contributed by atoms with Gasteiger partial charge in [-0.3, -0.25) is 0 Å². The van der Waals surface area contributed by atoms with Crippen molar-refractivity contribution in [3.63, 3.8) is 0 Å². The monoisotopic (exact) mass is 324 g/mol. The van der Waals surface area contributed by atoms with Gasteiger partial charge >= 0.3 is 0 Å². The highest BCUT2D eigenvalue weighted by Gasteiger charge is 2.17. The Bertz CT molecular complexity index is 388. The Morgan fingerprint density at radius 1 is 1.57 bits per heavy atom. The number of hydrogen-bond donors (Lipinski definition) is 0. The van der Waals surface area contributed by atoms with E-state index in [-0.39, 0.29) is 21.2 Å². The number of pyridine rings is 1. The van der Waals surface area contributed by atoms with Gasteiger partial charge in [-0.05, 0) is 22.0 Å². The molecule has 1 aromatic heterocycles. The zero-order valence-electron chi connectivity index (χ0n) is 6.77. The molecule has 0 unspecified atom stereocenters. The second kappa shape index (κ2) is 4.80. The van der Waals surface area contributed by atoms with Crippen LogP contribution in [0.2, 0.25) is 0 Å². The lowest BCUT2D eigenvalue weighted by atomic mass is 10.1. The molecule has 0 aliphatic carbocycles. The summed E-state index contributed by atoms with van der Waals surface area (Å²) in [5, 5.41) is 8.81. The van der Waals surface area contributed by atoms with Gasteiger partial charge in [0.25, 0.3) is 6.43 Å². The van der Waals surface area contributed by atoms with Crippen molar-refractivity contribution < 1.29 is 8.78 Å². The lowest BCUT2D eigenvalue weighted by Gasteiger charge is -2.07. The summed E-state index contributed by atoms with van der Waals surface area (Å²) in [4.78, 5) is 3.80. The van der Waals surface area contributed by atoms with Crippen LogP contribution in [0.5, 0.6) is 0 Å². The minimum absolute atomic E-state index is 0.0168. The molecule has 1 aromatic rings. The molecular weight excluding hydrogens is 322 g/mol. The average molecular weight is 326 g/mol. The molecule has 0 saturated carbocycles. The van der Waals surface area contributed by atoms with Crippen LogP contribution in [0.25, 0.3) is 0 Å². The summed E-state index contributed by atoms with van der Waals surface area (Å²) in [5.41, 5.74) is 0.191. The van der Waals surface area contributed by atoms with Crippen molar-refractivity contribution in [2.45, 2.75) is 11.8 Å².